The van der Waals surface area contributed by atoms with Crippen LogP contribution in [0.25, 0.3) is 5.57 Å². The zero-order chi connectivity index (χ0) is 19.0. The van der Waals surface area contributed by atoms with Crippen molar-refractivity contribution >= 4 is 34.7 Å². The summed E-state index contributed by atoms with van der Waals surface area (Å²) < 4.78 is 5.42. The summed E-state index contributed by atoms with van der Waals surface area (Å²) in [6, 6.07) is 14.6. The molecule has 0 N–H and O–H groups in total. The number of nitrogens with zero attached hydrogens (tertiary/aromatic N) is 2. The molecule has 0 aromatic heterocycles. The number of ether oxygens (including phenoxy) is 1. The first-order valence-corrected chi connectivity index (χ1v) is 9.23. The molecule has 2 aromatic carbocycles. The lowest BCUT2D eigenvalue weighted by Gasteiger charge is -2.29. The van der Waals surface area contributed by atoms with Crippen molar-refractivity contribution < 1.29 is 14.3 Å². The Kier molecular flexibility index (Phi) is 4.72. The summed E-state index contributed by atoms with van der Waals surface area (Å²) in [6.45, 7) is 4.08. The monoisotopic (exact) mass is 382 g/mol. The molecule has 2 amide bonds. The predicted octanol–water partition coefficient (Wildman–Crippen LogP) is 3.27. The quantitative estimate of drug-likeness (QED) is 0.764. The fraction of sp³-hybridized carbons (Fsp3) is 0.238. The van der Waals surface area contributed by atoms with Crippen LogP contribution in [0.2, 0.25) is 5.02 Å². The highest BCUT2D eigenvalue weighted by Gasteiger charge is 2.43. The van der Waals surface area contributed by atoms with Gasteiger partial charge in [0.1, 0.15) is 5.70 Å². The van der Waals surface area contributed by atoms with Gasteiger partial charge in [-0.3, -0.25) is 9.59 Å². The van der Waals surface area contributed by atoms with E-state index in [1.54, 1.807) is 12.1 Å². The standard InChI is InChI=1S/C21H19ClN2O3/c1-14-7-8-16(22)13-17(14)24-20(25)18(15-5-3-2-4-6-15)19(21(24)26)23-9-11-27-12-10-23/h2-8,13H,9-12H2,1H3. The van der Waals surface area contributed by atoms with E-state index in [1.165, 1.54) is 4.90 Å². The number of hydrogen-bond donors (Lipinski definition) is 0. The molecule has 1 fully saturated rings. The zero-order valence-electron chi connectivity index (χ0n) is 14.9. The Labute approximate surface area is 162 Å². The molecule has 0 spiro atoms. The van der Waals surface area contributed by atoms with E-state index in [4.69, 9.17) is 16.3 Å². The van der Waals surface area contributed by atoms with E-state index in [9.17, 15) is 9.59 Å². The molecule has 0 unspecified atom stereocenters. The Morgan fingerprint density at radius 3 is 2.37 bits per heavy atom. The van der Waals surface area contributed by atoms with E-state index in [0.717, 1.165) is 11.1 Å². The molecule has 0 atom stereocenters. The first kappa shape index (κ1) is 17.8. The summed E-state index contributed by atoms with van der Waals surface area (Å²) in [4.78, 5) is 30.0. The second-order valence-corrected chi connectivity index (χ2v) is 7.00. The summed E-state index contributed by atoms with van der Waals surface area (Å²) in [5.41, 5.74) is 2.95. The largest absolute Gasteiger partial charge is 0.378 e. The van der Waals surface area contributed by atoms with Crippen molar-refractivity contribution in [1.29, 1.82) is 0 Å². The highest BCUT2D eigenvalue weighted by molar-refractivity contribution is 6.45. The second kappa shape index (κ2) is 7.18. The van der Waals surface area contributed by atoms with E-state index in [1.807, 2.05) is 48.2 Å². The lowest BCUT2D eigenvalue weighted by Crippen LogP contribution is -2.40. The number of imide groups is 1. The van der Waals surface area contributed by atoms with Gasteiger partial charge in [0, 0.05) is 18.1 Å². The van der Waals surface area contributed by atoms with E-state index >= 15 is 0 Å². The van der Waals surface area contributed by atoms with Crippen molar-refractivity contribution in [2.75, 3.05) is 31.2 Å². The Morgan fingerprint density at radius 2 is 1.67 bits per heavy atom. The van der Waals surface area contributed by atoms with Crippen LogP contribution in [-0.4, -0.2) is 43.0 Å². The number of aryl methyl sites for hydroxylation is 1. The Balaban J connectivity index is 1.85. The van der Waals surface area contributed by atoms with Crippen molar-refractivity contribution in [2.24, 2.45) is 0 Å². The molecule has 0 saturated carbocycles. The number of carbonyl (C=O) groups is 2. The van der Waals surface area contributed by atoms with E-state index in [2.05, 4.69) is 0 Å². The van der Waals surface area contributed by atoms with Crippen LogP contribution >= 0.6 is 11.6 Å². The third-order valence-corrected chi connectivity index (χ3v) is 5.10. The maximum atomic E-state index is 13.4. The van der Waals surface area contributed by atoms with Gasteiger partial charge < -0.3 is 9.64 Å². The summed E-state index contributed by atoms with van der Waals surface area (Å²) >= 11 is 6.14. The third-order valence-electron chi connectivity index (χ3n) is 4.86. The summed E-state index contributed by atoms with van der Waals surface area (Å²) in [5, 5.41) is 0.484. The number of morpholine rings is 1. The van der Waals surface area contributed by atoms with Crippen LogP contribution in [-0.2, 0) is 14.3 Å². The Morgan fingerprint density at radius 1 is 0.963 bits per heavy atom. The van der Waals surface area contributed by atoms with Crippen molar-refractivity contribution in [3.05, 3.63) is 70.4 Å². The van der Waals surface area contributed by atoms with Crippen LogP contribution in [0.4, 0.5) is 5.69 Å². The average molecular weight is 383 g/mol. The molecule has 6 heteroatoms. The molecule has 5 nitrogen and oxygen atoms in total. The molecule has 2 heterocycles. The first-order valence-electron chi connectivity index (χ1n) is 8.85. The van der Waals surface area contributed by atoms with Crippen molar-refractivity contribution in [2.45, 2.75) is 6.92 Å². The van der Waals surface area contributed by atoms with Crippen LogP contribution in [0.3, 0.4) is 0 Å². The lowest BCUT2D eigenvalue weighted by atomic mass is 10.0. The van der Waals surface area contributed by atoms with Gasteiger partial charge in [-0.05, 0) is 30.2 Å². The molecular weight excluding hydrogens is 364 g/mol. The Hall–Kier alpha value is -2.63. The number of benzene rings is 2. The van der Waals surface area contributed by atoms with E-state index < -0.39 is 0 Å². The highest BCUT2D eigenvalue weighted by atomic mass is 35.5. The van der Waals surface area contributed by atoms with Gasteiger partial charge in [-0.2, -0.15) is 0 Å². The Bertz CT molecular complexity index is 934. The molecule has 1 saturated heterocycles. The van der Waals surface area contributed by atoms with Gasteiger partial charge in [0.15, 0.2) is 0 Å². The normalized spacial score (nSPS) is 17.9. The molecule has 27 heavy (non-hydrogen) atoms. The van der Waals surface area contributed by atoms with Gasteiger partial charge in [0.05, 0.1) is 24.5 Å². The van der Waals surface area contributed by atoms with Gasteiger partial charge in [0.2, 0.25) is 0 Å². The van der Waals surface area contributed by atoms with E-state index in [-0.39, 0.29) is 11.8 Å². The maximum absolute atomic E-state index is 13.4. The van der Waals surface area contributed by atoms with Crippen molar-refractivity contribution in [3.63, 3.8) is 0 Å². The number of anilines is 1. The fourth-order valence-electron chi connectivity index (χ4n) is 3.51. The van der Waals surface area contributed by atoms with Gasteiger partial charge >= 0.3 is 0 Å². The molecule has 0 bridgehead atoms. The van der Waals surface area contributed by atoms with Crippen molar-refractivity contribution in [3.8, 4) is 0 Å². The number of rotatable bonds is 3. The highest BCUT2D eigenvalue weighted by Crippen LogP contribution is 2.37. The smallest absolute Gasteiger partial charge is 0.282 e. The van der Waals surface area contributed by atoms with Crippen molar-refractivity contribution in [1.82, 2.24) is 4.90 Å². The molecular formula is C21H19ClN2O3. The number of carbonyl (C=O) groups excluding carboxylic acids is 2. The first-order chi connectivity index (χ1) is 13.1. The fourth-order valence-corrected chi connectivity index (χ4v) is 3.67. The lowest BCUT2D eigenvalue weighted by molar-refractivity contribution is -0.121. The SMILES string of the molecule is Cc1ccc(Cl)cc1N1C(=O)C(c2ccccc2)=C(N2CCOCC2)C1=O. The second-order valence-electron chi connectivity index (χ2n) is 6.57. The summed E-state index contributed by atoms with van der Waals surface area (Å²) in [5.74, 6) is -0.635. The topological polar surface area (TPSA) is 49.9 Å². The van der Waals surface area contributed by atoms with Crippen LogP contribution < -0.4 is 4.90 Å². The molecule has 0 aliphatic carbocycles. The molecule has 138 valence electrons. The minimum absolute atomic E-state index is 0.314. The predicted molar refractivity (Wildman–Crippen MR) is 104 cm³/mol. The number of halogens is 1. The molecule has 2 aromatic rings. The minimum atomic E-state index is -0.321. The average Bonchev–Trinajstić information content (AvgIpc) is 2.95. The molecule has 2 aliphatic heterocycles. The van der Waals surface area contributed by atoms with Gasteiger partial charge in [0.25, 0.3) is 11.8 Å². The van der Waals surface area contributed by atoms with Crippen LogP contribution in [0.15, 0.2) is 54.2 Å². The molecule has 2 aliphatic rings. The summed E-state index contributed by atoms with van der Waals surface area (Å²) in [6.07, 6.45) is 0. The number of amides is 2. The van der Waals surface area contributed by atoms with Crippen LogP contribution in [0.5, 0.6) is 0 Å². The maximum Gasteiger partial charge on any atom is 0.282 e. The van der Waals surface area contributed by atoms with E-state index in [0.29, 0.717) is 48.3 Å². The summed E-state index contributed by atoms with van der Waals surface area (Å²) in [7, 11) is 0. The molecule has 0 radical (unpaired) electrons. The minimum Gasteiger partial charge on any atom is -0.378 e. The third kappa shape index (κ3) is 3.13. The van der Waals surface area contributed by atoms with Crippen LogP contribution in [0.1, 0.15) is 11.1 Å². The van der Waals surface area contributed by atoms with Gasteiger partial charge in [-0.15, -0.1) is 0 Å². The van der Waals surface area contributed by atoms with Gasteiger partial charge in [-0.25, -0.2) is 4.90 Å². The van der Waals surface area contributed by atoms with Crippen LogP contribution in [0, 0.1) is 6.92 Å². The zero-order valence-corrected chi connectivity index (χ0v) is 15.7. The van der Waals surface area contributed by atoms with Gasteiger partial charge in [-0.1, -0.05) is 48.0 Å². The number of hydrogen-bond acceptors (Lipinski definition) is 4. The molecule has 4 rings (SSSR count).